The number of ether oxygens (including phenoxy) is 1. The van der Waals surface area contributed by atoms with Crippen LogP contribution in [0, 0.1) is 6.92 Å². The molecule has 1 rings (SSSR count). The molecule has 9 heavy (non-hydrogen) atoms. The number of morpholine rings is 1. The second kappa shape index (κ2) is 3.03. The van der Waals surface area contributed by atoms with Crippen molar-refractivity contribution < 1.29 is 4.74 Å². The Kier molecular flexibility index (Phi) is 2.30. The Morgan fingerprint density at radius 3 is 2.33 bits per heavy atom. The van der Waals surface area contributed by atoms with Crippen molar-refractivity contribution in [2.45, 2.75) is 0 Å². The Morgan fingerprint density at radius 2 is 2.00 bits per heavy atom. The Bertz CT molecular complexity index is 110. The van der Waals surface area contributed by atoms with Crippen molar-refractivity contribution in [3.63, 3.8) is 0 Å². The van der Waals surface area contributed by atoms with Crippen LogP contribution < -0.4 is 0 Å². The molecule has 1 heterocycles. The molecule has 0 bridgehead atoms. The summed E-state index contributed by atoms with van der Waals surface area (Å²) in [5.74, 6) is 0. The van der Waals surface area contributed by atoms with Crippen molar-refractivity contribution in [2.75, 3.05) is 26.3 Å². The highest BCUT2D eigenvalue weighted by Gasteiger charge is 2.05. The molecular formula is C6H9NOS-. The lowest BCUT2D eigenvalue weighted by Gasteiger charge is -2.31. The maximum absolute atomic E-state index is 5.37. The van der Waals surface area contributed by atoms with E-state index in [0.29, 0.717) is 4.99 Å². The number of rotatable bonds is 0. The topological polar surface area (TPSA) is 12.5 Å². The molecular weight excluding hydrogens is 134 g/mol. The zero-order chi connectivity index (χ0) is 6.69. The summed E-state index contributed by atoms with van der Waals surface area (Å²) >= 11 is 4.76. The predicted molar refractivity (Wildman–Crippen MR) is 39.3 cm³/mol. The van der Waals surface area contributed by atoms with Crippen LogP contribution in [0.15, 0.2) is 0 Å². The molecule has 1 saturated heterocycles. The highest BCUT2D eigenvalue weighted by molar-refractivity contribution is 7.80. The molecule has 0 saturated carbocycles. The van der Waals surface area contributed by atoms with Crippen LogP contribution in [-0.4, -0.2) is 36.2 Å². The smallest absolute Gasteiger partial charge is 0.0641 e. The molecule has 51 valence electrons. The predicted octanol–water partition coefficient (Wildman–Crippen LogP) is 0.357. The van der Waals surface area contributed by atoms with E-state index in [1.807, 2.05) is 4.90 Å². The average molecular weight is 143 g/mol. The lowest BCUT2D eigenvalue weighted by molar-refractivity contribution is 0.0694. The second-order valence-corrected chi connectivity index (χ2v) is 2.36. The van der Waals surface area contributed by atoms with Gasteiger partial charge in [0.15, 0.2) is 0 Å². The van der Waals surface area contributed by atoms with Crippen LogP contribution in [0.1, 0.15) is 0 Å². The summed E-state index contributed by atoms with van der Waals surface area (Å²) in [6.07, 6.45) is 0. The van der Waals surface area contributed by atoms with Gasteiger partial charge >= 0.3 is 0 Å². The third kappa shape index (κ3) is 1.84. The Balaban J connectivity index is 2.31. The molecule has 0 aromatic rings. The van der Waals surface area contributed by atoms with Crippen molar-refractivity contribution >= 4 is 17.2 Å². The van der Waals surface area contributed by atoms with Crippen LogP contribution >= 0.6 is 12.2 Å². The van der Waals surface area contributed by atoms with E-state index in [1.165, 1.54) is 0 Å². The van der Waals surface area contributed by atoms with E-state index in [1.54, 1.807) is 0 Å². The summed E-state index contributed by atoms with van der Waals surface area (Å²) in [7, 11) is 0. The van der Waals surface area contributed by atoms with Crippen LogP contribution in [-0.2, 0) is 4.74 Å². The summed E-state index contributed by atoms with van der Waals surface area (Å²) < 4.78 is 5.09. The second-order valence-electron chi connectivity index (χ2n) is 1.94. The first-order valence-corrected chi connectivity index (χ1v) is 3.33. The van der Waals surface area contributed by atoms with E-state index in [-0.39, 0.29) is 0 Å². The molecule has 1 radical (unpaired) electrons. The summed E-state index contributed by atoms with van der Waals surface area (Å²) in [4.78, 5) is 2.43. The molecule has 0 aliphatic carbocycles. The van der Waals surface area contributed by atoms with Crippen LogP contribution in [0.2, 0.25) is 0 Å². The van der Waals surface area contributed by atoms with E-state index in [0.717, 1.165) is 26.3 Å². The average Bonchev–Trinajstić information content (AvgIpc) is 1.90. The molecule has 1 aliphatic rings. The van der Waals surface area contributed by atoms with Crippen molar-refractivity contribution in [2.24, 2.45) is 0 Å². The summed E-state index contributed by atoms with van der Waals surface area (Å²) in [6.45, 7) is 8.55. The first-order valence-electron chi connectivity index (χ1n) is 2.93. The number of hydrogen-bond donors (Lipinski definition) is 0. The van der Waals surface area contributed by atoms with E-state index in [4.69, 9.17) is 23.9 Å². The van der Waals surface area contributed by atoms with Crippen molar-refractivity contribution in [1.29, 1.82) is 0 Å². The molecule has 2 nitrogen and oxygen atoms in total. The fraction of sp³-hybridized carbons (Fsp3) is 0.667. The van der Waals surface area contributed by atoms with Gasteiger partial charge in [0.2, 0.25) is 0 Å². The molecule has 0 amide bonds. The van der Waals surface area contributed by atoms with Crippen LogP contribution in [0.3, 0.4) is 0 Å². The Hall–Kier alpha value is -0.280. The van der Waals surface area contributed by atoms with Gasteiger partial charge in [0, 0.05) is 13.1 Å². The van der Waals surface area contributed by atoms with E-state index in [9.17, 15) is 0 Å². The number of nitrogens with zero attached hydrogens (tertiary/aromatic N) is 1. The normalized spacial score (nSPS) is 19.8. The van der Waals surface area contributed by atoms with Crippen molar-refractivity contribution in [3.8, 4) is 0 Å². The zero-order valence-electron chi connectivity index (χ0n) is 5.17. The minimum Gasteiger partial charge on any atom is -0.477 e. The fourth-order valence-corrected chi connectivity index (χ4v) is 0.966. The van der Waals surface area contributed by atoms with Gasteiger partial charge in [0.1, 0.15) is 0 Å². The number of hydrogen-bond acceptors (Lipinski definition) is 2. The SMILES string of the molecule is [CH-]C(=S)N1CCOCC1. The molecule has 0 unspecified atom stereocenters. The third-order valence-electron chi connectivity index (χ3n) is 1.32. The maximum atomic E-state index is 5.37. The van der Waals surface area contributed by atoms with Gasteiger partial charge in [-0.1, -0.05) is 4.99 Å². The molecule has 0 aromatic carbocycles. The van der Waals surface area contributed by atoms with Gasteiger partial charge < -0.3 is 16.6 Å². The third-order valence-corrected chi connectivity index (χ3v) is 1.58. The summed E-state index contributed by atoms with van der Waals surface area (Å²) in [5.41, 5.74) is 0. The lowest BCUT2D eigenvalue weighted by atomic mass is 10.4. The van der Waals surface area contributed by atoms with Gasteiger partial charge in [-0.25, -0.2) is 0 Å². The van der Waals surface area contributed by atoms with E-state index >= 15 is 0 Å². The largest absolute Gasteiger partial charge is 0.477 e. The van der Waals surface area contributed by atoms with E-state index < -0.39 is 0 Å². The molecule has 1 aliphatic heterocycles. The summed E-state index contributed by atoms with van der Waals surface area (Å²) in [5, 5.41) is 0. The first-order chi connectivity index (χ1) is 4.30. The quantitative estimate of drug-likeness (QED) is 0.359. The zero-order valence-corrected chi connectivity index (χ0v) is 5.99. The monoisotopic (exact) mass is 143 g/mol. The molecule has 0 aromatic heterocycles. The van der Waals surface area contributed by atoms with Gasteiger partial charge in [0.25, 0.3) is 0 Å². The lowest BCUT2D eigenvalue weighted by Crippen LogP contribution is -2.38. The Labute approximate surface area is 60.8 Å². The minimum absolute atomic E-state index is 0.485. The van der Waals surface area contributed by atoms with Gasteiger partial charge in [0.05, 0.1) is 13.2 Å². The summed E-state index contributed by atoms with van der Waals surface area (Å²) in [6, 6.07) is 0. The molecule has 1 fully saturated rings. The maximum Gasteiger partial charge on any atom is 0.0641 e. The van der Waals surface area contributed by atoms with Crippen molar-refractivity contribution in [3.05, 3.63) is 6.92 Å². The van der Waals surface area contributed by atoms with Gasteiger partial charge in [-0.2, -0.15) is 0 Å². The first kappa shape index (κ1) is 6.83. The highest BCUT2D eigenvalue weighted by atomic mass is 32.1. The van der Waals surface area contributed by atoms with E-state index in [2.05, 4.69) is 0 Å². The number of thiocarbonyl (C=S) groups is 1. The van der Waals surface area contributed by atoms with Crippen LogP contribution in [0.25, 0.3) is 0 Å². The highest BCUT2D eigenvalue weighted by Crippen LogP contribution is 1.96. The molecule has 0 atom stereocenters. The minimum atomic E-state index is 0.485. The Morgan fingerprint density at radius 1 is 1.44 bits per heavy atom. The van der Waals surface area contributed by atoms with Crippen LogP contribution in [0.5, 0.6) is 0 Å². The van der Waals surface area contributed by atoms with Gasteiger partial charge in [-0.3, -0.25) is 0 Å². The molecule has 0 N–H and O–H groups in total. The van der Waals surface area contributed by atoms with Crippen molar-refractivity contribution in [1.82, 2.24) is 4.90 Å². The van der Waals surface area contributed by atoms with Crippen LogP contribution in [0.4, 0.5) is 0 Å². The molecule has 3 heteroatoms. The standard InChI is InChI=1S/C6H9NOS/c1-6(9)7-2-4-8-5-3-7/h1H,2-5H2/q-1. The van der Waals surface area contributed by atoms with Gasteiger partial charge in [-0.15, -0.1) is 12.2 Å². The fourth-order valence-electron chi connectivity index (χ4n) is 0.784. The van der Waals surface area contributed by atoms with Gasteiger partial charge in [-0.05, 0) is 0 Å². The molecule has 0 spiro atoms.